The number of primary amides is 1. The van der Waals surface area contributed by atoms with Gasteiger partial charge < -0.3 is 15.6 Å². The Kier molecular flexibility index (Phi) is 5.51. The van der Waals surface area contributed by atoms with Gasteiger partial charge in [0.15, 0.2) is 5.78 Å². The van der Waals surface area contributed by atoms with Crippen molar-refractivity contribution in [1.82, 2.24) is 4.90 Å². The first-order chi connectivity index (χ1) is 10.5. The van der Waals surface area contributed by atoms with Crippen molar-refractivity contribution in [3.8, 4) is 5.75 Å². The predicted molar refractivity (Wildman–Crippen MR) is 81.7 cm³/mol. The molecule has 6 heteroatoms. The minimum Gasteiger partial charge on any atom is -0.491 e. The highest BCUT2D eigenvalue weighted by Crippen LogP contribution is 2.18. The van der Waals surface area contributed by atoms with Crippen molar-refractivity contribution in [2.24, 2.45) is 5.73 Å². The molecule has 0 radical (unpaired) electrons. The van der Waals surface area contributed by atoms with E-state index in [1.54, 1.807) is 24.3 Å². The lowest BCUT2D eigenvalue weighted by molar-refractivity contribution is -0.122. The van der Waals surface area contributed by atoms with Crippen LogP contribution in [0.3, 0.4) is 0 Å². The van der Waals surface area contributed by atoms with E-state index in [4.69, 9.17) is 10.5 Å². The topological polar surface area (TPSA) is 92.9 Å². The van der Waals surface area contributed by atoms with Gasteiger partial charge in [0, 0.05) is 12.1 Å². The zero-order valence-electron chi connectivity index (χ0n) is 12.7. The third-order valence-corrected chi connectivity index (χ3v) is 3.82. The van der Waals surface area contributed by atoms with Crippen molar-refractivity contribution in [3.05, 3.63) is 29.8 Å². The van der Waals surface area contributed by atoms with Crippen LogP contribution in [0, 0.1) is 0 Å². The van der Waals surface area contributed by atoms with Crippen LogP contribution < -0.4 is 10.5 Å². The number of Topliss-reactive ketones (excluding diaryl/α,β-unsaturated/α-hetero) is 1. The number of amides is 1. The maximum Gasteiger partial charge on any atom is 0.234 e. The van der Waals surface area contributed by atoms with Crippen LogP contribution in [0.2, 0.25) is 0 Å². The van der Waals surface area contributed by atoms with E-state index in [1.807, 2.05) is 4.90 Å². The van der Waals surface area contributed by atoms with Crippen LogP contribution in [-0.2, 0) is 4.79 Å². The van der Waals surface area contributed by atoms with Crippen LogP contribution in [0.15, 0.2) is 24.3 Å². The fourth-order valence-electron chi connectivity index (χ4n) is 2.69. The standard InChI is InChI=1S/C16H22N2O4/c1-11(19)12-4-2-5-14(8-12)22-10-13(20)9-18-7-3-6-15(18)16(17)21/h2,4-5,8,13,15,20H,3,6-7,9-10H2,1H3,(H2,17,21)/t13-,15-/m0/s1. The van der Waals surface area contributed by atoms with Gasteiger partial charge in [-0.25, -0.2) is 0 Å². The van der Waals surface area contributed by atoms with Crippen molar-refractivity contribution in [3.63, 3.8) is 0 Å². The molecule has 0 saturated carbocycles. The van der Waals surface area contributed by atoms with E-state index in [0.717, 1.165) is 19.4 Å². The van der Waals surface area contributed by atoms with Gasteiger partial charge in [-0.2, -0.15) is 0 Å². The molecule has 0 unspecified atom stereocenters. The molecule has 0 bridgehead atoms. The van der Waals surface area contributed by atoms with Gasteiger partial charge in [0.25, 0.3) is 0 Å². The Morgan fingerprint density at radius 2 is 2.27 bits per heavy atom. The van der Waals surface area contributed by atoms with Crippen LogP contribution in [0.1, 0.15) is 30.1 Å². The molecule has 1 aliphatic rings. The number of benzene rings is 1. The molecule has 2 atom stereocenters. The molecular formula is C16H22N2O4. The highest BCUT2D eigenvalue weighted by Gasteiger charge is 2.30. The summed E-state index contributed by atoms with van der Waals surface area (Å²) in [4.78, 5) is 24.5. The number of likely N-dealkylation sites (tertiary alicyclic amines) is 1. The molecule has 22 heavy (non-hydrogen) atoms. The summed E-state index contributed by atoms with van der Waals surface area (Å²) in [6.45, 7) is 2.69. The molecule has 0 aromatic heterocycles. The first-order valence-corrected chi connectivity index (χ1v) is 7.42. The summed E-state index contributed by atoms with van der Waals surface area (Å²) in [6.07, 6.45) is 0.923. The molecule has 1 amide bonds. The van der Waals surface area contributed by atoms with Crippen molar-refractivity contribution in [1.29, 1.82) is 0 Å². The number of ketones is 1. The Labute approximate surface area is 129 Å². The highest BCUT2D eigenvalue weighted by molar-refractivity contribution is 5.94. The van der Waals surface area contributed by atoms with Crippen LogP contribution >= 0.6 is 0 Å². The molecule has 1 fully saturated rings. The Morgan fingerprint density at radius 3 is 2.95 bits per heavy atom. The van der Waals surface area contributed by atoms with Crippen molar-refractivity contribution < 1.29 is 19.4 Å². The van der Waals surface area contributed by atoms with Crippen LogP contribution in [0.4, 0.5) is 0 Å². The molecule has 1 aromatic carbocycles. The first kappa shape index (κ1) is 16.5. The lowest BCUT2D eigenvalue weighted by Gasteiger charge is -2.24. The number of nitrogens with two attached hydrogens (primary N) is 1. The van der Waals surface area contributed by atoms with Gasteiger partial charge in [-0.05, 0) is 38.4 Å². The third kappa shape index (κ3) is 4.29. The van der Waals surface area contributed by atoms with E-state index >= 15 is 0 Å². The quantitative estimate of drug-likeness (QED) is 0.719. The van der Waals surface area contributed by atoms with E-state index in [2.05, 4.69) is 0 Å². The second-order valence-electron chi connectivity index (χ2n) is 5.60. The van der Waals surface area contributed by atoms with E-state index in [-0.39, 0.29) is 24.3 Å². The molecule has 1 saturated heterocycles. The van der Waals surface area contributed by atoms with E-state index < -0.39 is 6.10 Å². The van der Waals surface area contributed by atoms with Gasteiger partial charge in [0.1, 0.15) is 18.5 Å². The second-order valence-corrected chi connectivity index (χ2v) is 5.60. The molecular weight excluding hydrogens is 284 g/mol. The van der Waals surface area contributed by atoms with E-state index in [1.165, 1.54) is 6.92 Å². The van der Waals surface area contributed by atoms with Gasteiger partial charge in [-0.3, -0.25) is 14.5 Å². The minimum absolute atomic E-state index is 0.0348. The normalized spacial score (nSPS) is 19.8. The van der Waals surface area contributed by atoms with Crippen molar-refractivity contribution in [2.75, 3.05) is 19.7 Å². The van der Waals surface area contributed by atoms with Crippen LogP contribution in [-0.4, -0.2) is 53.5 Å². The Balaban J connectivity index is 1.85. The van der Waals surface area contributed by atoms with Gasteiger partial charge in [0.2, 0.25) is 5.91 Å². The van der Waals surface area contributed by atoms with Gasteiger partial charge in [0.05, 0.1) is 6.04 Å². The molecule has 1 aliphatic heterocycles. The third-order valence-electron chi connectivity index (χ3n) is 3.82. The summed E-state index contributed by atoms with van der Waals surface area (Å²) >= 11 is 0. The number of nitrogens with zero attached hydrogens (tertiary/aromatic N) is 1. The molecule has 0 spiro atoms. The fourth-order valence-corrected chi connectivity index (χ4v) is 2.69. The van der Waals surface area contributed by atoms with Gasteiger partial charge in [-0.1, -0.05) is 12.1 Å². The number of rotatable bonds is 7. The Morgan fingerprint density at radius 1 is 1.50 bits per heavy atom. The largest absolute Gasteiger partial charge is 0.491 e. The second kappa shape index (κ2) is 7.38. The molecule has 120 valence electrons. The van der Waals surface area contributed by atoms with Gasteiger partial charge >= 0.3 is 0 Å². The minimum atomic E-state index is -0.721. The number of aliphatic hydroxyl groups is 1. The number of carbonyl (C=O) groups is 2. The van der Waals surface area contributed by atoms with Crippen molar-refractivity contribution >= 4 is 11.7 Å². The maximum absolute atomic E-state index is 11.3. The summed E-state index contributed by atoms with van der Waals surface area (Å²) in [5.41, 5.74) is 5.92. The molecule has 6 nitrogen and oxygen atoms in total. The van der Waals surface area contributed by atoms with Crippen LogP contribution in [0.5, 0.6) is 5.75 Å². The lowest BCUT2D eigenvalue weighted by atomic mass is 10.1. The number of hydrogen-bond donors (Lipinski definition) is 2. The highest BCUT2D eigenvalue weighted by atomic mass is 16.5. The van der Waals surface area contributed by atoms with E-state index in [0.29, 0.717) is 17.9 Å². The zero-order valence-corrected chi connectivity index (χ0v) is 12.7. The molecule has 1 aromatic rings. The Hall–Kier alpha value is -1.92. The summed E-state index contributed by atoms with van der Waals surface area (Å²) in [7, 11) is 0. The number of hydrogen-bond acceptors (Lipinski definition) is 5. The summed E-state index contributed by atoms with van der Waals surface area (Å²) in [6, 6.07) is 6.55. The molecule has 2 rings (SSSR count). The molecule has 1 heterocycles. The summed E-state index contributed by atoms with van der Waals surface area (Å²) in [5, 5.41) is 10.1. The monoisotopic (exact) mass is 306 g/mol. The zero-order chi connectivity index (χ0) is 16.1. The Bertz CT molecular complexity index is 547. The number of carbonyl (C=O) groups excluding carboxylic acids is 2. The average Bonchev–Trinajstić information content (AvgIpc) is 2.93. The predicted octanol–water partition coefficient (Wildman–Crippen LogP) is 0.579. The summed E-state index contributed by atoms with van der Waals surface area (Å²) in [5.74, 6) is 0.159. The van der Waals surface area contributed by atoms with Crippen molar-refractivity contribution in [2.45, 2.75) is 31.9 Å². The van der Waals surface area contributed by atoms with E-state index in [9.17, 15) is 14.7 Å². The number of ether oxygens (including phenoxy) is 1. The smallest absolute Gasteiger partial charge is 0.234 e. The fraction of sp³-hybridized carbons (Fsp3) is 0.500. The van der Waals surface area contributed by atoms with Gasteiger partial charge in [-0.15, -0.1) is 0 Å². The first-order valence-electron chi connectivity index (χ1n) is 7.42. The maximum atomic E-state index is 11.3. The summed E-state index contributed by atoms with van der Waals surface area (Å²) < 4.78 is 5.52. The molecule has 0 aliphatic carbocycles. The lowest BCUT2D eigenvalue weighted by Crippen LogP contribution is -2.44. The van der Waals surface area contributed by atoms with Crippen LogP contribution in [0.25, 0.3) is 0 Å². The molecule has 3 N–H and O–H groups in total. The SMILES string of the molecule is CC(=O)c1cccc(OC[C@@H](O)CN2CCC[C@H]2C(N)=O)c1. The number of aliphatic hydroxyl groups excluding tert-OH is 1. The average molecular weight is 306 g/mol. The number of β-amino-alcohol motifs (C(OH)–C–C–N with tert-alkyl or cyclic N) is 1.